The van der Waals surface area contributed by atoms with E-state index in [1.165, 1.54) is 21.2 Å². The van der Waals surface area contributed by atoms with Crippen molar-refractivity contribution >= 4 is 21.5 Å². The highest BCUT2D eigenvalue weighted by Gasteiger charge is 2.02. The summed E-state index contributed by atoms with van der Waals surface area (Å²) in [5, 5.41) is 0. The molecule has 0 fully saturated rings. The van der Waals surface area contributed by atoms with Crippen LogP contribution in [0.2, 0.25) is 0 Å². The third-order valence-corrected chi connectivity index (χ3v) is 3.39. The van der Waals surface area contributed by atoms with Gasteiger partial charge in [-0.3, -0.25) is 0 Å². The topological polar surface area (TPSA) is 0 Å². The monoisotopic (exact) mass is 290 g/mol. The largest absolute Gasteiger partial charge is 0.0801 e. The Labute approximate surface area is 113 Å². The minimum atomic E-state index is 1.00. The van der Waals surface area contributed by atoms with Crippen molar-refractivity contribution in [1.82, 2.24) is 0 Å². The summed E-state index contributed by atoms with van der Waals surface area (Å²) in [4.78, 5) is 0. The van der Waals surface area contributed by atoms with E-state index in [0.717, 1.165) is 6.42 Å². The number of hydrogen-bond donors (Lipinski definition) is 0. The smallest absolute Gasteiger partial charge is 0.0210 e. The highest BCUT2D eigenvalue weighted by molar-refractivity contribution is 9.10. The average molecular weight is 291 g/mol. The molecular weight excluding hydrogens is 272 g/mol. The highest BCUT2D eigenvalue weighted by Crippen LogP contribution is 2.25. The Kier molecular flexibility index (Phi) is 5.99. The van der Waals surface area contributed by atoms with Crippen LogP contribution in [0.25, 0.3) is 5.57 Å². The maximum atomic E-state index is 3.57. The lowest BCUT2D eigenvalue weighted by Gasteiger charge is -2.06. The van der Waals surface area contributed by atoms with Crippen LogP contribution in [0.15, 0.2) is 53.1 Å². The van der Waals surface area contributed by atoms with Crippen molar-refractivity contribution in [3.8, 4) is 0 Å². The predicted octanol–water partition coefficient (Wildman–Crippen LogP) is 5.68. The fourth-order valence-electron chi connectivity index (χ4n) is 1.58. The fraction of sp³-hybridized carbons (Fsp3) is 0.250. The molecule has 0 nitrogen and oxygen atoms in total. The van der Waals surface area contributed by atoms with Crippen molar-refractivity contribution < 1.29 is 0 Å². The van der Waals surface area contributed by atoms with E-state index >= 15 is 0 Å². The maximum Gasteiger partial charge on any atom is 0.0210 e. The predicted molar refractivity (Wildman–Crippen MR) is 81.1 cm³/mol. The summed E-state index contributed by atoms with van der Waals surface area (Å²) in [6.45, 7) is 6.11. The van der Waals surface area contributed by atoms with E-state index in [-0.39, 0.29) is 0 Å². The molecule has 1 aromatic rings. The van der Waals surface area contributed by atoms with Gasteiger partial charge < -0.3 is 0 Å². The molecule has 0 bridgehead atoms. The van der Waals surface area contributed by atoms with E-state index in [1.54, 1.807) is 0 Å². The number of allylic oxidation sites excluding steroid dienone is 6. The lowest BCUT2D eigenvalue weighted by atomic mass is 10.0. The Morgan fingerprint density at radius 2 is 1.82 bits per heavy atom. The molecule has 1 aliphatic rings. The van der Waals surface area contributed by atoms with Gasteiger partial charge in [0.2, 0.25) is 0 Å². The van der Waals surface area contributed by atoms with Gasteiger partial charge in [-0.05, 0) is 36.1 Å². The van der Waals surface area contributed by atoms with Gasteiger partial charge in [0.15, 0.2) is 0 Å². The maximum absolute atomic E-state index is 3.57. The van der Waals surface area contributed by atoms with Gasteiger partial charge in [0.05, 0.1) is 0 Å². The van der Waals surface area contributed by atoms with Gasteiger partial charge in [0.1, 0.15) is 0 Å². The molecule has 0 aromatic heterocycles. The first-order chi connectivity index (χ1) is 8.27. The quantitative estimate of drug-likeness (QED) is 0.624. The van der Waals surface area contributed by atoms with Crippen LogP contribution in [-0.2, 0) is 0 Å². The molecule has 1 heteroatoms. The van der Waals surface area contributed by atoms with Gasteiger partial charge in [-0.25, -0.2) is 0 Å². The number of rotatable bonds is 1. The normalized spacial score (nSPS) is 13.5. The van der Waals surface area contributed by atoms with Gasteiger partial charge in [0, 0.05) is 4.47 Å². The minimum absolute atomic E-state index is 1.00. The molecule has 0 amide bonds. The Morgan fingerprint density at radius 1 is 1.06 bits per heavy atom. The molecule has 90 valence electrons. The molecule has 17 heavy (non-hydrogen) atoms. The first kappa shape index (κ1) is 14.0. The Hall–Kier alpha value is -1.08. The molecule has 0 spiro atoms. The molecule has 0 unspecified atom stereocenters. The zero-order chi connectivity index (χ0) is 12.7. The Balaban J connectivity index is 0.000000686. The van der Waals surface area contributed by atoms with Crippen molar-refractivity contribution in [2.45, 2.75) is 27.2 Å². The summed E-state index contributed by atoms with van der Waals surface area (Å²) >= 11 is 3.57. The molecule has 0 N–H and O–H groups in total. The zero-order valence-electron chi connectivity index (χ0n) is 10.7. The summed E-state index contributed by atoms with van der Waals surface area (Å²) < 4.78 is 1.18. The fourth-order valence-corrected chi connectivity index (χ4v) is 1.96. The van der Waals surface area contributed by atoms with E-state index in [9.17, 15) is 0 Å². The molecule has 0 saturated carbocycles. The molecule has 1 aromatic carbocycles. The Morgan fingerprint density at radius 3 is 2.53 bits per heavy atom. The molecule has 0 radical (unpaired) electrons. The second-order valence-corrected chi connectivity index (χ2v) is 4.53. The van der Waals surface area contributed by atoms with Gasteiger partial charge in [0.25, 0.3) is 0 Å². The molecule has 2 rings (SSSR count). The first-order valence-corrected chi connectivity index (χ1v) is 6.85. The summed E-state index contributed by atoms with van der Waals surface area (Å²) in [6.07, 6.45) is 11.6. The lowest BCUT2D eigenvalue weighted by molar-refractivity contribution is 1.36. The van der Waals surface area contributed by atoms with E-state index in [0.29, 0.717) is 0 Å². The second kappa shape index (κ2) is 7.29. The zero-order valence-corrected chi connectivity index (χ0v) is 12.3. The van der Waals surface area contributed by atoms with Crippen LogP contribution >= 0.6 is 15.9 Å². The third-order valence-electron chi connectivity index (χ3n) is 2.54. The standard InChI is InChI=1S/C14H13Br.C2H6/c1-11-8-9-13(10-14(11)15)12-6-4-2-3-5-7-12;1-2/h2-6,8-10H,7H2,1H3;1-2H3. The van der Waals surface area contributed by atoms with E-state index < -0.39 is 0 Å². The van der Waals surface area contributed by atoms with Crippen LogP contribution in [0, 0.1) is 6.92 Å². The van der Waals surface area contributed by atoms with Crippen molar-refractivity contribution in [3.05, 3.63) is 64.2 Å². The first-order valence-electron chi connectivity index (χ1n) is 6.06. The summed E-state index contributed by atoms with van der Waals surface area (Å²) in [7, 11) is 0. The number of halogens is 1. The van der Waals surface area contributed by atoms with Gasteiger partial charge >= 0.3 is 0 Å². The number of aryl methyl sites for hydroxylation is 1. The van der Waals surface area contributed by atoms with E-state index in [1.807, 2.05) is 13.8 Å². The van der Waals surface area contributed by atoms with Crippen molar-refractivity contribution in [2.24, 2.45) is 0 Å². The molecule has 0 atom stereocenters. The van der Waals surface area contributed by atoms with Crippen molar-refractivity contribution in [3.63, 3.8) is 0 Å². The van der Waals surface area contributed by atoms with Crippen molar-refractivity contribution in [2.75, 3.05) is 0 Å². The number of hydrogen-bond acceptors (Lipinski definition) is 0. The highest BCUT2D eigenvalue weighted by atomic mass is 79.9. The molecule has 0 heterocycles. The Bertz CT molecular complexity index is 451. The molecule has 0 aliphatic heterocycles. The molecule has 0 saturated heterocycles. The summed E-state index contributed by atoms with van der Waals surface area (Å²) in [5.74, 6) is 0. The van der Waals surface area contributed by atoms with E-state index in [2.05, 4.69) is 71.4 Å². The van der Waals surface area contributed by atoms with Crippen LogP contribution in [0.4, 0.5) is 0 Å². The SMILES string of the molecule is CC.Cc1ccc(C2=CC=CC=CC2)cc1Br. The molecule has 1 aliphatic carbocycles. The summed E-state index contributed by atoms with van der Waals surface area (Å²) in [5.41, 5.74) is 3.93. The third kappa shape index (κ3) is 4.01. The van der Waals surface area contributed by atoms with Gasteiger partial charge in [-0.2, -0.15) is 0 Å². The van der Waals surface area contributed by atoms with Crippen LogP contribution < -0.4 is 0 Å². The lowest BCUT2D eigenvalue weighted by Crippen LogP contribution is -1.84. The van der Waals surface area contributed by atoms with Crippen LogP contribution in [0.1, 0.15) is 31.4 Å². The van der Waals surface area contributed by atoms with Gasteiger partial charge in [-0.1, -0.05) is 72.3 Å². The number of benzene rings is 1. The molecular formula is C16H19Br. The van der Waals surface area contributed by atoms with Crippen LogP contribution in [-0.4, -0.2) is 0 Å². The van der Waals surface area contributed by atoms with Crippen LogP contribution in [0.3, 0.4) is 0 Å². The average Bonchev–Trinajstić information content (AvgIpc) is 2.64. The van der Waals surface area contributed by atoms with Crippen LogP contribution in [0.5, 0.6) is 0 Å². The van der Waals surface area contributed by atoms with E-state index in [4.69, 9.17) is 0 Å². The second-order valence-electron chi connectivity index (χ2n) is 3.67. The van der Waals surface area contributed by atoms with Crippen molar-refractivity contribution in [1.29, 1.82) is 0 Å². The summed E-state index contributed by atoms with van der Waals surface area (Å²) in [6, 6.07) is 6.52. The van der Waals surface area contributed by atoms with Gasteiger partial charge in [-0.15, -0.1) is 0 Å². The minimum Gasteiger partial charge on any atom is -0.0801 e.